The predicted molar refractivity (Wildman–Crippen MR) is 90.1 cm³/mol. The van der Waals surface area contributed by atoms with Crippen LogP contribution in [-0.2, 0) is 6.54 Å². The third kappa shape index (κ3) is 3.02. The lowest BCUT2D eigenvalue weighted by molar-refractivity contribution is 0.0532. The molecule has 0 aliphatic carbocycles. The van der Waals surface area contributed by atoms with Crippen LogP contribution in [0, 0.1) is 5.92 Å². The summed E-state index contributed by atoms with van der Waals surface area (Å²) in [5.41, 5.74) is 1.03. The molecule has 130 valence electrons. The zero-order valence-corrected chi connectivity index (χ0v) is 14.2. The molecule has 2 amide bonds. The molecule has 1 aromatic rings. The van der Waals surface area contributed by atoms with Gasteiger partial charge in [0.2, 0.25) is 6.79 Å². The number of nitrogens with zero attached hydrogens (tertiary/aromatic N) is 2. The summed E-state index contributed by atoms with van der Waals surface area (Å²) in [7, 11) is 2.18. The van der Waals surface area contributed by atoms with Crippen molar-refractivity contribution in [3.8, 4) is 11.5 Å². The second-order valence-corrected chi connectivity index (χ2v) is 7.06. The first-order valence-electron chi connectivity index (χ1n) is 8.82. The van der Waals surface area contributed by atoms with E-state index < -0.39 is 0 Å². The Morgan fingerprint density at radius 1 is 1.25 bits per heavy atom. The van der Waals surface area contributed by atoms with E-state index in [4.69, 9.17) is 9.47 Å². The zero-order chi connectivity index (χ0) is 16.5. The molecule has 1 aromatic carbocycles. The van der Waals surface area contributed by atoms with Crippen LogP contribution in [0.4, 0.5) is 4.79 Å². The van der Waals surface area contributed by atoms with Crippen LogP contribution in [0.25, 0.3) is 0 Å². The van der Waals surface area contributed by atoms with Crippen molar-refractivity contribution in [3.63, 3.8) is 0 Å². The van der Waals surface area contributed by atoms with E-state index in [0.29, 0.717) is 18.5 Å². The molecule has 6 nitrogen and oxygen atoms in total. The van der Waals surface area contributed by atoms with Crippen molar-refractivity contribution in [1.82, 2.24) is 15.1 Å². The van der Waals surface area contributed by atoms with Crippen molar-refractivity contribution >= 4 is 6.03 Å². The smallest absolute Gasteiger partial charge is 0.317 e. The average Bonchev–Trinajstić information content (AvgIpc) is 3.06. The molecule has 2 saturated heterocycles. The number of hydrogen-bond donors (Lipinski definition) is 1. The maximum Gasteiger partial charge on any atom is 0.317 e. The number of fused-ring (bicyclic) bond motifs is 2. The van der Waals surface area contributed by atoms with Crippen LogP contribution in [-0.4, -0.2) is 55.3 Å². The minimum atomic E-state index is 0.0620. The molecule has 0 bridgehead atoms. The van der Waals surface area contributed by atoms with E-state index in [9.17, 15) is 4.79 Å². The van der Waals surface area contributed by atoms with Gasteiger partial charge in [-0.2, -0.15) is 0 Å². The molecule has 0 aromatic heterocycles. The number of benzene rings is 1. The highest BCUT2D eigenvalue weighted by Crippen LogP contribution is 2.33. The Kier molecular flexibility index (Phi) is 4.22. The maximum atomic E-state index is 12.7. The van der Waals surface area contributed by atoms with Gasteiger partial charge in [0, 0.05) is 25.7 Å². The Labute approximate surface area is 142 Å². The van der Waals surface area contributed by atoms with E-state index in [2.05, 4.69) is 22.2 Å². The summed E-state index contributed by atoms with van der Waals surface area (Å²) in [5, 5.41) is 3.08. The molecule has 4 rings (SSSR count). The minimum absolute atomic E-state index is 0.0620. The third-order valence-corrected chi connectivity index (χ3v) is 5.41. The first-order valence-corrected chi connectivity index (χ1v) is 8.82. The lowest BCUT2D eigenvalue weighted by Gasteiger charge is -2.46. The lowest BCUT2D eigenvalue weighted by Crippen LogP contribution is -2.57. The van der Waals surface area contributed by atoms with Gasteiger partial charge >= 0.3 is 6.03 Å². The van der Waals surface area contributed by atoms with Crippen LogP contribution in [0.2, 0.25) is 0 Å². The number of piperidine rings is 2. The quantitative estimate of drug-likeness (QED) is 0.901. The average molecular weight is 331 g/mol. The van der Waals surface area contributed by atoms with Crippen LogP contribution < -0.4 is 14.8 Å². The molecule has 3 aliphatic heterocycles. The molecule has 1 N–H and O–H groups in total. The number of ether oxygens (including phenoxy) is 2. The van der Waals surface area contributed by atoms with E-state index in [-0.39, 0.29) is 12.8 Å². The molecule has 2 fully saturated rings. The molecule has 0 saturated carbocycles. The highest BCUT2D eigenvalue weighted by Gasteiger charge is 2.37. The summed E-state index contributed by atoms with van der Waals surface area (Å²) in [4.78, 5) is 17.1. The van der Waals surface area contributed by atoms with Gasteiger partial charge in [-0.05, 0) is 56.5 Å². The Hall–Kier alpha value is -1.95. The standard InChI is InChI=1S/C18H25N3O3/c1-20-8-6-15-14(11-20)3-2-7-21(15)18(22)19-10-13-4-5-16-17(9-13)24-12-23-16/h4-5,9,14-15H,2-3,6-8,10-12H2,1H3,(H,19,22)/t14-,15+/m1/s1. The molecule has 0 radical (unpaired) electrons. The van der Waals surface area contributed by atoms with E-state index in [1.54, 1.807) is 0 Å². The Bertz CT molecular complexity index is 622. The van der Waals surface area contributed by atoms with Crippen LogP contribution in [0.3, 0.4) is 0 Å². The fourth-order valence-corrected chi connectivity index (χ4v) is 4.17. The van der Waals surface area contributed by atoms with Crippen LogP contribution in [0.1, 0.15) is 24.8 Å². The third-order valence-electron chi connectivity index (χ3n) is 5.41. The molecule has 3 aliphatic rings. The van der Waals surface area contributed by atoms with Crippen molar-refractivity contribution in [2.75, 3.05) is 33.5 Å². The van der Waals surface area contributed by atoms with Crippen molar-refractivity contribution in [2.24, 2.45) is 5.92 Å². The normalized spacial score (nSPS) is 26.1. The maximum absolute atomic E-state index is 12.7. The highest BCUT2D eigenvalue weighted by molar-refractivity contribution is 5.74. The van der Waals surface area contributed by atoms with Crippen molar-refractivity contribution in [1.29, 1.82) is 0 Å². The van der Waals surface area contributed by atoms with Crippen LogP contribution >= 0.6 is 0 Å². The summed E-state index contributed by atoms with van der Waals surface area (Å²) in [6, 6.07) is 6.27. The fraction of sp³-hybridized carbons (Fsp3) is 0.611. The Morgan fingerprint density at radius 3 is 3.04 bits per heavy atom. The molecule has 24 heavy (non-hydrogen) atoms. The predicted octanol–water partition coefficient (Wildman–Crippen LogP) is 2.04. The van der Waals surface area contributed by atoms with Gasteiger partial charge in [0.25, 0.3) is 0 Å². The summed E-state index contributed by atoms with van der Waals surface area (Å²) in [6.07, 6.45) is 3.42. The molecule has 3 heterocycles. The second kappa shape index (κ2) is 6.51. The summed E-state index contributed by atoms with van der Waals surface area (Å²) in [5.74, 6) is 2.15. The van der Waals surface area contributed by atoms with E-state index >= 15 is 0 Å². The molecule has 0 spiro atoms. The zero-order valence-electron chi connectivity index (χ0n) is 14.2. The summed E-state index contributed by atoms with van der Waals surface area (Å²) >= 11 is 0. The Morgan fingerprint density at radius 2 is 2.12 bits per heavy atom. The van der Waals surface area contributed by atoms with Crippen LogP contribution in [0.15, 0.2) is 18.2 Å². The second-order valence-electron chi connectivity index (χ2n) is 7.06. The number of amides is 2. The van der Waals surface area contributed by atoms with Crippen molar-refractivity contribution in [2.45, 2.75) is 31.8 Å². The number of nitrogens with one attached hydrogen (secondary N) is 1. The molecule has 0 unspecified atom stereocenters. The molecule has 6 heteroatoms. The van der Waals surface area contributed by atoms with Gasteiger partial charge in [0.1, 0.15) is 0 Å². The topological polar surface area (TPSA) is 54.0 Å². The first-order chi connectivity index (χ1) is 11.7. The Balaban J connectivity index is 1.37. The first kappa shape index (κ1) is 15.6. The number of carbonyl (C=O) groups is 1. The monoisotopic (exact) mass is 331 g/mol. The van der Waals surface area contributed by atoms with Crippen LogP contribution in [0.5, 0.6) is 11.5 Å². The fourth-order valence-electron chi connectivity index (χ4n) is 4.17. The number of carbonyl (C=O) groups excluding carboxylic acids is 1. The van der Waals surface area contributed by atoms with Gasteiger partial charge in [-0.3, -0.25) is 0 Å². The summed E-state index contributed by atoms with van der Waals surface area (Å²) in [6.45, 7) is 3.85. The number of rotatable bonds is 2. The van der Waals surface area contributed by atoms with E-state index in [1.165, 1.54) is 6.42 Å². The number of hydrogen-bond acceptors (Lipinski definition) is 4. The highest BCUT2D eigenvalue weighted by atomic mass is 16.7. The SMILES string of the molecule is CN1CC[C@H]2[C@H](CCCN2C(=O)NCc2ccc3c(c2)OCO3)C1. The van der Waals surface area contributed by atoms with Gasteiger partial charge in [0.05, 0.1) is 0 Å². The molecular formula is C18H25N3O3. The van der Waals surface area contributed by atoms with E-state index in [0.717, 1.165) is 49.5 Å². The molecular weight excluding hydrogens is 306 g/mol. The van der Waals surface area contributed by atoms with Gasteiger partial charge in [-0.25, -0.2) is 4.79 Å². The van der Waals surface area contributed by atoms with E-state index in [1.807, 2.05) is 18.2 Å². The van der Waals surface area contributed by atoms with Crippen molar-refractivity contribution < 1.29 is 14.3 Å². The van der Waals surface area contributed by atoms with Gasteiger partial charge in [-0.15, -0.1) is 0 Å². The lowest BCUT2D eigenvalue weighted by atomic mass is 9.84. The number of urea groups is 1. The largest absolute Gasteiger partial charge is 0.454 e. The van der Waals surface area contributed by atoms with Gasteiger partial charge in [-0.1, -0.05) is 6.07 Å². The van der Waals surface area contributed by atoms with Gasteiger partial charge < -0.3 is 24.6 Å². The summed E-state index contributed by atoms with van der Waals surface area (Å²) < 4.78 is 10.7. The van der Waals surface area contributed by atoms with Crippen molar-refractivity contribution in [3.05, 3.63) is 23.8 Å². The minimum Gasteiger partial charge on any atom is -0.454 e. The van der Waals surface area contributed by atoms with Gasteiger partial charge in [0.15, 0.2) is 11.5 Å². The molecule has 2 atom stereocenters. The number of likely N-dealkylation sites (tertiary alicyclic amines) is 2.